The molecule has 0 saturated carbocycles. The Bertz CT molecular complexity index is 302. The van der Waals surface area contributed by atoms with Crippen LogP contribution in [0.1, 0.15) is 23.7 Å². The number of aromatic nitrogens is 2. The number of nitrogens with one attached hydrogen (secondary N) is 1. The summed E-state index contributed by atoms with van der Waals surface area (Å²) in [4.78, 5) is 4.26. The number of hydrogen-bond donors (Lipinski definition) is 1. The van der Waals surface area contributed by atoms with Crippen LogP contribution in [0.15, 0.2) is 0 Å². The van der Waals surface area contributed by atoms with Gasteiger partial charge in [-0.3, -0.25) is 0 Å². The van der Waals surface area contributed by atoms with E-state index in [1.54, 1.807) is 0 Å². The van der Waals surface area contributed by atoms with Crippen LogP contribution in [-0.4, -0.2) is 29.1 Å². The van der Waals surface area contributed by atoms with Gasteiger partial charge in [0.1, 0.15) is 17.4 Å². The molecule has 1 fully saturated rings. The summed E-state index contributed by atoms with van der Waals surface area (Å²) in [6.45, 7) is 5.61. The van der Waals surface area contributed by atoms with E-state index >= 15 is 0 Å². The third-order valence-corrected chi connectivity index (χ3v) is 3.32. The van der Waals surface area contributed by atoms with E-state index in [0.29, 0.717) is 12.5 Å². The van der Waals surface area contributed by atoms with Crippen molar-refractivity contribution < 1.29 is 4.74 Å². The quantitative estimate of drug-likeness (QED) is 0.900. The largest absolute Gasteiger partial charge is 0.374 e. The van der Waals surface area contributed by atoms with Crippen LogP contribution < -0.4 is 5.32 Å². The molecule has 1 aromatic heterocycles. The molecule has 92 valence electrons. The van der Waals surface area contributed by atoms with Gasteiger partial charge in [-0.1, -0.05) is 0 Å². The van der Waals surface area contributed by atoms with Crippen LogP contribution >= 0.6 is 23.9 Å². The lowest BCUT2D eigenvalue weighted by Gasteiger charge is -2.22. The molecule has 0 amide bonds. The molecule has 0 spiro atoms. The zero-order valence-electron chi connectivity index (χ0n) is 9.44. The van der Waals surface area contributed by atoms with E-state index in [1.165, 1.54) is 24.4 Å². The van der Waals surface area contributed by atoms with Crippen molar-refractivity contribution in [2.45, 2.75) is 26.4 Å². The Hall–Kier alpha value is -0.230. The van der Waals surface area contributed by atoms with Crippen LogP contribution in [0.4, 0.5) is 0 Å². The first-order valence-corrected chi connectivity index (χ1v) is 6.19. The molecule has 4 nitrogen and oxygen atoms in total. The Kier molecular flexibility index (Phi) is 6.20. The monoisotopic (exact) mass is 263 g/mol. The van der Waals surface area contributed by atoms with Gasteiger partial charge in [-0.25, -0.2) is 4.98 Å². The van der Waals surface area contributed by atoms with Crippen LogP contribution in [0.25, 0.3) is 0 Å². The standard InChI is InChI=1S/C10H17N3OS.ClH/c1-8-12-10(15-13-8)7-14-6-9-3-2-4-11-5-9;/h9,11H,2-7H2,1H3;1H/t9-;/m0./s1. The molecule has 1 aromatic rings. The lowest BCUT2D eigenvalue weighted by molar-refractivity contribution is 0.0781. The molecule has 1 aliphatic rings. The van der Waals surface area contributed by atoms with Gasteiger partial charge in [0.2, 0.25) is 0 Å². The Balaban J connectivity index is 0.00000128. The van der Waals surface area contributed by atoms with Crippen molar-refractivity contribution in [2.24, 2.45) is 5.92 Å². The average Bonchev–Trinajstić information content (AvgIpc) is 2.66. The zero-order chi connectivity index (χ0) is 10.5. The molecule has 1 atom stereocenters. The van der Waals surface area contributed by atoms with Crippen LogP contribution in [-0.2, 0) is 11.3 Å². The van der Waals surface area contributed by atoms with Crippen molar-refractivity contribution in [1.29, 1.82) is 0 Å². The van der Waals surface area contributed by atoms with E-state index < -0.39 is 0 Å². The summed E-state index contributed by atoms with van der Waals surface area (Å²) in [6, 6.07) is 0. The summed E-state index contributed by atoms with van der Waals surface area (Å²) in [6.07, 6.45) is 2.55. The highest BCUT2D eigenvalue weighted by Crippen LogP contribution is 2.12. The van der Waals surface area contributed by atoms with Gasteiger partial charge in [0.05, 0.1) is 6.61 Å². The van der Waals surface area contributed by atoms with E-state index in [9.17, 15) is 0 Å². The number of hydrogen-bond acceptors (Lipinski definition) is 5. The van der Waals surface area contributed by atoms with Gasteiger partial charge in [-0.2, -0.15) is 4.37 Å². The van der Waals surface area contributed by atoms with Gasteiger partial charge in [-0.05, 0) is 43.8 Å². The van der Waals surface area contributed by atoms with E-state index in [2.05, 4.69) is 14.7 Å². The Morgan fingerprint density at radius 1 is 1.56 bits per heavy atom. The van der Waals surface area contributed by atoms with Crippen molar-refractivity contribution in [1.82, 2.24) is 14.7 Å². The first kappa shape index (κ1) is 13.8. The SMILES string of the molecule is Cc1nsc(COC[C@H]2CCCNC2)n1.Cl. The molecular formula is C10H18ClN3OS. The van der Waals surface area contributed by atoms with Gasteiger partial charge in [0.25, 0.3) is 0 Å². The van der Waals surface area contributed by atoms with Gasteiger partial charge >= 0.3 is 0 Å². The maximum atomic E-state index is 5.64. The van der Waals surface area contributed by atoms with E-state index in [-0.39, 0.29) is 12.4 Å². The van der Waals surface area contributed by atoms with Crippen molar-refractivity contribution >= 4 is 23.9 Å². The van der Waals surface area contributed by atoms with Gasteiger partial charge < -0.3 is 10.1 Å². The predicted octanol–water partition coefficient (Wildman–Crippen LogP) is 1.78. The van der Waals surface area contributed by atoms with Crippen LogP contribution in [0.3, 0.4) is 0 Å². The molecule has 1 saturated heterocycles. The maximum absolute atomic E-state index is 5.64. The topological polar surface area (TPSA) is 47.0 Å². The highest BCUT2D eigenvalue weighted by Gasteiger charge is 2.13. The number of nitrogens with zero attached hydrogens (tertiary/aromatic N) is 2. The molecule has 0 aliphatic carbocycles. The van der Waals surface area contributed by atoms with Gasteiger partial charge in [0, 0.05) is 6.54 Å². The van der Waals surface area contributed by atoms with E-state index in [4.69, 9.17) is 4.74 Å². The summed E-state index contributed by atoms with van der Waals surface area (Å²) < 4.78 is 9.76. The zero-order valence-corrected chi connectivity index (χ0v) is 11.1. The minimum Gasteiger partial charge on any atom is -0.374 e. The number of aryl methyl sites for hydroxylation is 1. The van der Waals surface area contributed by atoms with Crippen molar-refractivity contribution in [3.63, 3.8) is 0 Å². The molecule has 6 heteroatoms. The Morgan fingerprint density at radius 2 is 2.44 bits per heavy atom. The molecule has 0 unspecified atom stereocenters. The summed E-state index contributed by atoms with van der Waals surface area (Å²) in [7, 11) is 0. The van der Waals surface area contributed by atoms with E-state index in [1.807, 2.05) is 6.92 Å². The molecule has 0 radical (unpaired) electrons. The Morgan fingerprint density at radius 3 is 3.06 bits per heavy atom. The fourth-order valence-corrected chi connectivity index (χ4v) is 2.37. The van der Waals surface area contributed by atoms with Crippen LogP contribution in [0, 0.1) is 12.8 Å². The van der Waals surface area contributed by atoms with E-state index in [0.717, 1.165) is 30.5 Å². The van der Waals surface area contributed by atoms with Crippen LogP contribution in [0.2, 0.25) is 0 Å². The molecule has 1 aliphatic heterocycles. The number of rotatable bonds is 4. The fraction of sp³-hybridized carbons (Fsp3) is 0.800. The first-order chi connectivity index (χ1) is 7.34. The maximum Gasteiger partial charge on any atom is 0.139 e. The molecule has 0 aromatic carbocycles. The minimum atomic E-state index is 0. The molecular weight excluding hydrogens is 246 g/mol. The lowest BCUT2D eigenvalue weighted by Crippen LogP contribution is -2.32. The smallest absolute Gasteiger partial charge is 0.139 e. The van der Waals surface area contributed by atoms with Gasteiger partial charge in [-0.15, -0.1) is 12.4 Å². The Labute approximate surface area is 106 Å². The first-order valence-electron chi connectivity index (χ1n) is 5.42. The normalized spacial score (nSPS) is 20.4. The molecule has 0 bridgehead atoms. The third kappa shape index (κ3) is 4.33. The minimum absolute atomic E-state index is 0. The molecule has 2 rings (SSSR count). The summed E-state index contributed by atoms with van der Waals surface area (Å²) >= 11 is 1.43. The van der Waals surface area contributed by atoms with Crippen molar-refractivity contribution in [2.75, 3.05) is 19.7 Å². The number of piperidine rings is 1. The van der Waals surface area contributed by atoms with Crippen LogP contribution in [0.5, 0.6) is 0 Å². The number of halogens is 1. The summed E-state index contributed by atoms with van der Waals surface area (Å²) in [5.41, 5.74) is 0. The second-order valence-electron chi connectivity index (χ2n) is 3.96. The number of ether oxygens (including phenoxy) is 1. The second kappa shape index (κ2) is 7.17. The molecule has 16 heavy (non-hydrogen) atoms. The fourth-order valence-electron chi connectivity index (χ4n) is 1.78. The van der Waals surface area contributed by atoms with Crippen molar-refractivity contribution in [3.05, 3.63) is 10.8 Å². The molecule has 2 heterocycles. The summed E-state index contributed by atoms with van der Waals surface area (Å²) in [5, 5.41) is 4.36. The predicted molar refractivity (Wildman–Crippen MR) is 67.1 cm³/mol. The van der Waals surface area contributed by atoms with Crippen molar-refractivity contribution in [3.8, 4) is 0 Å². The molecule has 1 N–H and O–H groups in total. The highest BCUT2D eigenvalue weighted by atomic mass is 35.5. The summed E-state index contributed by atoms with van der Waals surface area (Å²) in [5.74, 6) is 1.52. The second-order valence-corrected chi connectivity index (χ2v) is 4.80. The lowest BCUT2D eigenvalue weighted by atomic mass is 10.0. The van der Waals surface area contributed by atoms with Gasteiger partial charge in [0.15, 0.2) is 0 Å². The third-order valence-electron chi connectivity index (χ3n) is 2.55. The average molecular weight is 264 g/mol. The highest BCUT2D eigenvalue weighted by molar-refractivity contribution is 7.05.